The maximum atomic E-state index is 12.8. The molecule has 2 fully saturated rings. The Balaban J connectivity index is 1.67. The summed E-state index contributed by atoms with van der Waals surface area (Å²) in [6, 6.07) is 5.04. The Morgan fingerprint density at radius 1 is 1.07 bits per heavy atom. The zero-order valence-corrected chi connectivity index (χ0v) is 16.8. The number of carbonyl (C=O) groups excluding carboxylic acids is 2. The third kappa shape index (κ3) is 4.69. The van der Waals surface area contributed by atoms with Gasteiger partial charge in [0.2, 0.25) is 0 Å². The Labute approximate surface area is 160 Å². The van der Waals surface area contributed by atoms with Crippen LogP contribution in [0.2, 0.25) is 0 Å². The molecule has 1 heterocycles. The molecule has 27 heavy (non-hydrogen) atoms. The highest BCUT2D eigenvalue weighted by Crippen LogP contribution is 2.29. The molecule has 0 spiro atoms. The average molecular weight is 394 g/mol. The molecule has 1 saturated carbocycles. The minimum atomic E-state index is -3.09. The minimum absolute atomic E-state index is 0.0142. The van der Waals surface area contributed by atoms with E-state index in [4.69, 9.17) is 4.74 Å². The van der Waals surface area contributed by atoms with E-state index in [1.54, 1.807) is 17.0 Å². The lowest BCUT2D eigenvalue weighted by molar-refractivity contribution is -0.139. The smallest absolute Gasteiger partial charge is 0.338 e. The largest absolute Gasteiger partial charge is 0.452 e. The number of ether oxygens (including phenoxy) is 1. The van der Waals surface area contributed by atoms with Gasteiger partial charge in [0, 0.05) is 12.1 Å². The first-order valence-corrected chi connectivity index (χ1v) is 11.3. The highest BCUT2D eigenvalue weighted by molar-refractivity contribution is 7.91. The molecule has 1 aliphatic carbocycles. The molecule has 1 aliphatic heterocycles. The van der Waals surface area contributed by atoms with Crippen molar-refractivity contribution in [3.8, 4) is 0 Å². The van der Waals surface area contributed by atoms with Gasteiger partial charge in [0.15, 0.2) is 16.4 Å². The third-order valence-electron chi connectivity index (χ3n) is 5.68. The zero-order valence-electron chi connectivity index (χ0n) is 15.9. The highest BCUT2D eigenvalue weighted by Gasteiger charge is 2.39. The fourth-order valence-electron chi connectivity index (χ4n) is 4.04. The summed E-state index contributed by atoms with van der Waals surface area (Å²) in [5, 5.41) is 0. The molecule has 1 atom stereocenters. The normalized spacial score (nSPS) is 21.9. The SMILES string of the molecule is Cc1ccc(C(=O)OCC(=O)N(C2CCCC2)[C@H]2CCS(=O)(=O)C2)cc1C. The van der Waals surface area contributed by atoms with Crippen molar-refractivity contribution in [2.24, 2.45) is 0 Å². The Kier molecular flexibility index (Phi) is 5.89. The number of carbonyl (C=O) groups is 2. The molecule has 0 unspecified atom stereocenters. The molecule has 7 heteroatoms. The molecule has 0 radical (unpaired) electrons. The lowest BCUT2D eigenvalue weighted by Gasteiger charge is -2.33. The topological polar surface area (TPSA) is 80.8 Å². The van der Waals surface area contributed by atoms with Gasteiger partial charge < -0.3 is 9.64 Å². The second kappa shape index (κ2) is 8.00. The van der Waals surface area contributed by atoms with Crippen LogP contribution in [-0.4, -0.2) is 55.4 Å². The average Bonchev–Trinajstić information content (AvgIpc) is 3.25. The van der Waals surface area contributed by atoms with Crippen LogP contribution in [0.1, 0.15) is 53.6 Å². The first-order valence-electron chi connectivity index (χ1n) is 9.53. The molecule has 6 nitrogen and oxygen atoms in total. The summed E-state index contributed by atoms with van der Waals surface area (Å²) >= 11 is 0. The lowest BCUT2D eigenvalue weighted by Crippen LogP contribution is -2.48. The van der Waals surface area contributed by atoms with E-state index >= 15 is 0 Å². The van der Waals surface area contributed by atoms with Gasteiger partial charge in [0.1, 0.15) is 0 Å². The summed E-state index contributed by atoms with van der Waals surface area (Å²) in [4.78, 5) is 26.8. The summed E-state index contributed by atoms with van der Waals surface area (Å²) in [6.45, 7) is 3.53. The molecule has 2 aliphatic rings. The fourth-order valence-corrected chi connectivity index (χ4v) is 5.75. The van der Waals surface area contributed by atoms with Crippen molar-refractivity contribution in [2.75, 3.05) is 18.1 Å². The molecule has 0 aromatic heterocycles. The van der Waals surface area contributed by atoms with E-state index in [9.17, 15) is 18.0 Å². The van der Waals surface area contributed by atoms with Crippen molar-refractivity contribution < 1.29 is 22.7 Å². The van der Waals surface area contributed by atoms with Crippen LogP contribution in [0.15, 0.2) is 18.2 Å². The number of rotatable bonds is 5. The second-order valence-corrected chi connectivity index (χ2v) is 9.90. The molecular formula is C20H27NO5S. The van der Waals surface area contributed by atoms with Crippen LogP contribution >= 0.6 is 0 Å². The number of amides is 1. The van der Waals surface area contributed by atoms with Gasteiger partial charge in [-0.3, -0.25) is 4.79 Å². The van der Waals surface area contributed by atoms with E-state index < -0.39 is 15.8 Å². The third-order valence-corrected chi connectivity index (χ3v) is 7.43. The van der Waals surface area contributed by atoms with Crippen molar-refractivity contribution in [1.82, 2.24) is 4.90 Å². The van der Waals surface area contributed by atoms with Gasteiger partial charge in [0.25, 0.3) is 5.91 Å². The standard InChI is InChI=1S/C20H27NO5S/c1-14-7-8-16(11-15(14)2)20(23)26-12-19(22)21(17-5-3-4-6-17)18-9-10-27(24,25)13-18/h7-8,11,17-18H,3-6,9-10,12-13H2,1-2H3/t18-/m0/s1. The van der Waals surface area contributed by atoms with E-state index in [1.807, 2.05) is 19.9 Å². The zero-order chi connectivity index (χ0) is 19.6. The van der Waals surface area contributed by atoms with Crippen molar-refractivity contribution in [1.29, 1.82) is 0 Å². The fraction of sp³-hybridized carbons (Fsp3) is 0.600. The Morgan fingerprint density at radius 2 is 1.78 bits per heavy atom. The van der Waals surface area contributed by atoms with E-state index in [0.717, 1.165) is 36.8 Å². The Hall–Kier alpha value is -1.89. The molecule has 0 bridgehead atoms. The summed E-state index contributed by atoms with van der Waals surface area (Å²) in [5.74, 6) is -0.685. The van der Waals surface area contributed by atoms with Gasteiger partial charge in [-0.05, 0) is 56.4 Å². The van der Waals surface area contributed by atoms with Gasteiger partial charge in [-0.25, -0.2) is 13.2 Å². The Morgan fingerprint density at radius 3 is 2.37 bits per heavy atom. The van der Waals surface area contributed by atoms with Gasteiger partial charge in [0.05, 0.1) is 17.1 Å². The summed E-state index contributed by atoms with van der Waals surface area (Å²) in [5.41, 5.74) is 2.48. The second-order valence-electron chi connectivity index (χ2n) is 7.67. The highest BCUT2D eigenvalue weighted by atomic mass is 32.2. The molecule has 1 aromatic rings. The molecular weight excluding hydrogens is 366 g/mol. The maximum Gasteiger partial charge on any atom is 0.338 e. The van der Waals surface area contributed by atoms with Crippen LogP contribution in [0, 0.1) is 13.8 Å². The van der Waals surface area contributed by atoms with Gasteiger partial charge in [-0.1, -0.05) is 18.9 Å². The van der Waals surface area contributed by atoms with Gasteiger partial charge in [-0.2, -0.15) is 0 Å². The number of esters is 1. The number of hydrogen-bond donors (Lipinski definition) is 0. The lowest BCUT2D eigenvalue weighted by atomic mass is 10.1. The number of hydrogen-bond acceptors (Lipinski definition) is 5. The van der Waals surface area contributed by atoms with E-state index in [-0.39, 0.29) is 36.1 Å². The predicted octanol–water partition coefficient (Wildman–Crippen LogP) is 2.42. The van der Waals surface area contributed by atoms with Crippen LogP contribution in [-0.2, 0) is 19.4 Å². The predicted molar refractivity (Wildman–Crippen MR) is 102 cm³/mol. The molecule has 1 aromatic carbocycles. The Bertz CT molecular complexity index is 827. The maximum absolute atomic E-state index is 12.8. The van der Waals surface area contributed by atoms with Crippen LogP contribution in [0.25, 0.3) is 0 Å². The molecule has 0 N–H and O–H groups in total. The number of aryl methyl sites for hydroxylation is 2. The summed E-state index contributed by atoms with van der Waals surface area (Å²) in [7, 11) is -3.09. The van der Waals surface area contributed by atoms with E-state index in [2.05, 4.69) is 0 Å². The molecule has 148 valence electrons. The first-order chi connectivity index (χ1) is 12.8. The van der Waals surface area contributed by atoms with Gasteiger partial charge >= 0.3 is 5.97 Å². The van der Waals surface area contributed by atoms with Crippen molar-refractivity contribution >= 4 is 21.7 Å². The summed E-state index contributed by atoms with van der Waals surface area (Å²) in [6.07, 6.45) is 4.31. The van der Waals surface area contributed by atoms with Crippen molar-refractivity contribution in [2.45, 2.75) is 58.0 Å². The monoisotopic (exact) mass is 393 g/mol. The summed E-state index contributed by atoms with van der Waals surface area (Å²) < 4.78 is 29.0. The van der Waals surface area contributed by atoms with Crippen molar-refractivity contribution in [3.63, 3.8) is 0 Å². The number of benzene rings is 1. The van der Waals surface area contributed by atoms with Crippen LogP contribution in [0.5, 0.6) is 0 Å². The quantitative estimate of drug-likeness (QED) is 0.718. The van der Waals surface area contributed by atoms with E-state index in [0.29, 0.717) is 12.0 Å². The first kappa shape index (κ1) is 19.9. The van der Waals surface area contributed by atoms with Gasteiger partial charge in [-0.15, -0.1) is 0 Å². The van der Waals surface area contributed by atoms with Crippen molar-refractivity contribution in [3.05, 3.63) is 34.9 Å². The minimum Gasteiger partial charge on any atom is -0.452 e. The van der Waals surface area contributed by atoms with Crippen LogP contribution < -0.4 is 0 Å². The molecule has 1 saturated heterocycles. The number of sulfone groups is 1. The molecule has 1 amide bonds. The van der Waals surface area contributed by atoms with Crippen LogP contribution in [0.4, 0.5) is 0 Å². The molecule has 3 rings (SSSR count). The number of nitrogens with zero attached hydrogens (tertiary/aromatic N) is 1. The van der Waals surface area contributed by atoms with E-state index in [1.165, 1.54) is 0 Å². The van der Waals surface area contributed by atoms with Crippen LogP contribution in [0.3, 0.4) is 0 Å².